The van der Waals surface area contributed by atoms with Crippen molar-refractivity contribution in [2.45, 2.75) is 19.5 Å². The lowest BCUT2D eigenvalue weighted by molar-refractivity contribution is 0.0963. The van der Waals surface area contributed by atoms with Crippen LogP contribution in [0.2, 0.25) is 10.0 Å². The number of halogens is 2. The third kappa shape index (κ3) is 5.38. The summed E-state index contributed by atoms with van der Waals surface area (Å²) in [5, 5.41) is 10.4. The molecule has 0 spiro atoms. The molecule has 2 rings (SSSR count). The number of aliphatic imine (C=N–C) groups is 1. The third-order valence-electron chi connectivity index (χ3n) is 3.91. The molecule has 0 saturated carbocycles. The molecule has 0 saturated heterocycles. The Balaban J connectivity index is 1.96. The third-order valence-corrected chi connectivity index (χ3v) is 4.47. The van der Waals surface area contributed by atoms with E-state index in [2.05, 4.69) is 20.9 Å². The Morgan fingerprint density at radius 3 is 2.42 bits per heavy atom. The lowest BCUT2D eigenvalue weighted by Gasteiger charge is -2.19. The Morgan fingerprint density at radius 2 is 1.85 bits per heavy atom. The van der Waals surface area contributed by atoms with Crippen LogP contribution in [-0.2, 0) is 6.54 Å². The number of guanidine groups is 1. The van der Waals surface area contributed by atoms with Crippen molar-refractivity contribution >= 4 is 35.1 Å². The standard InChI is InChI=1S/C19H22Cl2N4O/c1-12(16-9-8-15(20)10-17(16)21)25-19(23-3)24-11-13-4-6-14(7-5-13)18(26)22-2/h4-10,12H,11H2,1-3H3,(H,22,26)(H2,23,24,25). The first-order valence-electron chi connectivity index (χ1n) is 8.17. The van der Waals surface area contributed by atoms with Gasteiger partial charge < -0.3 is 16.0 Å². The number of nitrogens with zero attached hydrogens (tertiary/aromatic N) is 1. The van der Waals surface area contributed by atoms with Gasteiger partial charge in [0.2, 0.25) is 0 Å². The molecule has 138 valence electrons. The smallest absolute Gasteiger partial charge is 0.251 e. The van der Waals surface area contributed by atoms with Gasteiger partial charge in [-0.3, -0.25) is 9.79 Å². The molecule has 0 aliphatic carbocycles. The summed E-state index contributed by atoms with van der Waals surface area (Å²) in [5.74, 6) is 0.551. The highest BCUT2D eigenvalue weighted by Crippen LogP contribution is 2.25. The fraction of sp³-hybridized carbons (Fsp3) is 0.263. The van der Waals surface area contributed by atoms with Crippen LogP contribution in [0.15, 0.2) is 47.5 Å². The van der Waals surface area contributed by atoms with Gasteiger partial charge in [0.15, 0.2) is 5.96 Å². The first kappa shape index (κ1) is 20.1. The minimum Gasteiger partial charge on any atom is -0.355 e. The zero-order valence-electron chi connectivity index (χ0n) is 14.9. The van der Waals surface area contributed by atoms with Crippen LogP contribution in [0.3, 0.4) is 0 Å². The van der Waals surface area contributed by atoms with Crippen LogP contribution in [0.4, 0.5) is 0 Å². The molecule has 1 atom stereocenters. The Labute approximate surface area is 163 Å². The van der Waals surface area contributed by atoms with E-state index in [0.717, 1.165) is 11.1 Å². The number of carbonyl (C=O) groups excluding carboxylic acids is 1. The molecule has 3 N–H and O–H groups in total. The van der Waals surface area contributed by atoms with E-state index in [-0.39, 0.29) is 11.9 Å². The van der Waals surface area contributed by atoms with Crippen molar-refractivity contribution in [3.63, 3.8) is 0 Å². The quantitative estimate of drug-likeness (QED) is 0.535. The molecule has 5 nitrogen and oxygen atoms in total. The number of hydrogen-bond donors (Lipinski definition) is 3. The van der Waals surface area contributed by atoms with E-state index in [4.69, 9.17) is 23.2 Å². The van der Waals surface area contributed by atoms with Crippen molar-refractivity contribution in [2.75, 3.05) is 14.1 Å². The SMILES string of the molecule is CN=C(NCc1ccc(C(=O)NC)cc1)NC(C)c1ccc(Cl)cc1Cl. The molecule has 0 radical (unpaired) electrons. The molecule has 26 heavy (non-hydrogen) atoms. The highest BCUT2D eigenvalue weighted by molar-refractivity contribution is 6.35. The lowest BCUT2D eigenvalue weighted by Crippen LogP contribution is -2.38. The number of benzene rings is 2. The minimum absolute atomic E-state index is 0.0402. The van der Waals surface area contributed by atoms with Crippen molar-refractivity contribution in [1.29, 1.82) is 0 Å². The molecule has 0 aliphatic heterocycles. The van der Waals surface area contributed by atoms with Crippen molar-refractivity contribution in [3.05, 3.63) is 69.2 Å². The number of amides is 1. The normalized spacial score (nSPS) is 12.4. The molecular weight excluding hydrogens is 371 g/mol. The fourth-order valence-corrected chi connectivity index (χ4v) is 3.01. The van der Waals surface area contributed by atoms with E-state index >= 15 is 0 Å². The van der Waals surface area contributed by atoms with Gasteiger partial charge in [0.25, 0.3) is 5.91 Å². The van der Waals surface area contributed by atoms with Crippen molar-refractivity contribution < 1.29 is 4.79 Å². The van der Waals surface area contributed by atoms with Crippen LogP contribution in [0, 0.1) is 0 Å². The first-order chi connectivity index (χ1) is 12.4. The van der Waals surface area contributed by atoms with Crippen molar-refractivity contribution in [3.8, 4) is 0 Å². The van der Waals surface area contributed by atoms with Crippen LogP contribution >= 0.6 is 23.2 Å². The zero-order chi connectivity index (χ0) is 19.1. The van der Waals surface area contributed by atoms with Gasteiger partial charge in [0.05, 0.1) is 6.04 Å². The van der Waals surface area contributed by atoms with Gasteiger partial charge in [0.1, 0.15) is 0 Å². The number of carbonyl (C=O) groups is 1. The molecular formula is C19H22Cl2N4O. The second kappa shape index (κ2) is 9.46. The summed E-state index contributed by atoms with van der Waals surface area (Å²) in [6.45, 7) is 2.58. The summed E-state index contributed by atoms with van der Waals surface area (Å²) in [6, 6.07) is 12.8. The molecule has 0 fully saturated rings. The summed E-state index contributed by atoms with van der Waals surface area (Å²) in [4.78, 5) is 15.8. The summed E-state index contributed by atoms with van der Waals surface area (Å²) in [5.41, 5.74) is 2.61. The van der Waals surface area contributed by atoms with Crippen LogP contribution in [0.25, 0.3) is 0 Å². The topological polar surface area (TPSA) is 65.5 Å². The molecule has 0 bridgehead atoms. The first-order valence-corrected chi connectivity index (χ1v) is 8.93. The molecule has 1 amide bonds. The van der Waals surface area contributed by atoms with Gasteiger partial charge in [-0.15, -0.1) is 0 Å². The van der Waals surface area contributed by atoms with Crippen LogP contribution in [0.1, 0.15) is 34.5 Å². The number of nitrogens with one attached hydrogen (secondary N) is 3. The van der Waals surface area contributed by atoms with Crippen LogP contribution in [-0.4, -0.2) is 26.0 Å². The van der Waals surface area contributed by atoms with Crippen LogP contribution in [0.5, 0.6) is 0 Å². The Morgan fingerprint density at radius 1 is 1.15 bits per heavy atom. The van der Waals surface area contributed by atoms with Crippen LogP contribution < -0.4 is 16.0 Å². The summed E-state index contributed by atoms with van der Waals surface area (Å²) >= 11 is 12.2. The Hall–Kier alpha value is -2.24. The number of hydrogen-bond acceptors (Lipinski definition) is 2. The summed E-state index contributed by atoms with van der Waals surface area (Å²) < 4.78 is 0. The minimum atomic E-state index is -0.101. The average Bonchev–Trinajstić information content (AvgIpc) is 2.64. The van der Waals surface area contributed by atoms with Gasteiger partial charge in [-0.2, -0.15) is 0 Å². The highest BCUT2D eigenvalue weighted by atomic mass is 35.5. The maximum atomic E-state index is 11.6. The van der Waals surface area contributed by atoms with E-state index < -0.39 is 0 Å². The van der Waals surface area contributed by atoms with Gasteiger partial charge in [-0.25, -0.2) is 0 Å². The Bertz CT molecular complexity index is 791. The lowest BCUT2D eigenvalue weighted by atomic mass is 10.1. The van der Waals surface area contributed by atoms with Gasteiger partial charge >= 0.3 is 0 Å². The average molecular weight is 393 g/mol. The largest absolute Gasteiger partial charge is 0.355 e. The van der Waals surface area contributed by atoms with Gasteiger partial charge in [-0.05, 0) is 42.3 Å². The predicted octanol–water partition coefficient (Wildman–Crippen LogP) is 3.78. The molecule has 2 aromatic carbocycles. The van der Waals surface area contributed by atoms with E-state index in [1.54, 1.807) is 32.3 Å². The van der Waals surface area contributed by atoms with Gasteiger partial charge in [-0.1, -0.05) is 41.4 Å². The zero-order valence-corrected chi connectivity index (χ0v) is 16.4. The molecule has 2 aromatic rings. The maximum absolute atomic E-state index is 11.6. The number of rotatable bonds is 5. The molecule has 1 unspecified atom stereocenters. The van der Waals surface area contributed by atoms with E-state index in [1.807, 2.05) is 31.2 Å². The summed E-state index contributed by atoms with van der Waals surface area (Å²) in [6.07, 6.45) is 0. The molecule has 0 aromatic heterocycles. The Kier molecular flexibility index (Phi) is 7.30. The molecule has 0 heterocycles. The second-order valence-corrected chi connectivity index (χ2v) is 6.58. The summed E-state index contributed by atoms with van der Waals surface area (Å²) in [7, 11) is 3.32. The molecule has 0 aliphatic rings. The molecule has 7 heteroatoms. The monoisotopic (exact) mass is 392 g/mol. The van der Waals surface area contributed by atoms with E-state index in [0.29, 0.717) is 28.1 Å². The second-order valence-electron chi connectivity index (χ2n) is 5.73. The van der Waals surface area contributed by atoms with E-state index in [9.17, 15) is 4.79 Å². The predicted molar refractivity (Wildman–Crippen MR) is 108 cm³/mol. The van der Waals surface area contributed by atoms with Gasteiger partial charge in [0, 0.05) is 36.2 Å². The van der Waals surface area contributed by atoms with Crippen molar-refractivity contribution in [2.24, 2.45) is 4.99 Å². The fourth-order valence-electron chi connectivity index (χ4n) is 2.43. The maximum Gasteiger partial charge on any atom is 0.251 e. The highest BCUT2D eigenvalue weighted by Gasteiger charge is 2.12. The van der Waals surface area contributed by atoms with Crippen molar-refractivity contribution in [1.82, 2.24) is 16.0 Å². The van der Waals surface area contributed by atoms with E-state index in [1.165, 1.54) is 0 Å².